The summed E-state index contributed by atoms with van der Waals surface area (Å²) in [5, 5.41) is 0. The van der Waals surface area contributed by atoms with Gasteiger partial charge in [-0.1, -0.05) is 12.1 Å². The van der Waals surface area contributed by atoms with Crippen molar-refractivity contribution in [3.8, 4) is 0 Å². The Kier molecular flexibility index (Phi) is 3.09. The van der Waals surface area contributed by atoms with Crippen LogP contribution in [-0.2, 0) is 10.2 Å². The van der Waals surface area contributed by atoms with E-state index in [9.17, 15) is 18.0 Å². The first-order valence-corrected chi connectivity index (χ1v) is 5.75. The van der Waals surface area contributed by atoms with Crippen molar-refractivity contribution in [2.75, 3.05) is 6.61 Å². The summed E-state index contributed by atoms with van der Waals surface area (Å²) in [4.78, 5) is 11.4. The Balaban J connectivity index is 2.21. The van der Waals surface area contributed by atoms with Gasteiger partial charge in [0.1, 0.15) is 0 Å². The topological polar surface area (TPSA) is 26.3 Å². The number of benzene rings is 1. The molecule has 0 aliphatic heterocycles. The van der Waals surface area contributed by atoms with E-state index in [1.807, 2.05) is 0 Å². The smallest absolute Gasteiger partial charge is 0.398 e. The Labute approximate surface area is 103 Å². The van der Waals surface area contributed by atoms with Gasteiger partial charge in [0.2, 0.25) is 0 Å². The Morgan fingerprint density at radius 3 is 2.22 bits per heavy atom. The van der Waals surface area contributed by atoms with Gasteiger partial charge < -0.3 is 4.74 Å². The van der Waals surface area contributed by atoms with Crippen molar-refractivity contribution < 1.29 is 22.7 Å². The van der Waals surface area contributed by atoms with Crippen molar-refractivity contribution in [2.45, 2.75) is 31.4 Å². The van der Waals surface area contributed by atoms with Crippen LogP contribution in [0.1, 0.15) is 35.7 Å². The number of hydrogen-bond acceptors (Lipinski definition) is 2. The highest BCUT2D eigenvalue weighted by atomic mass is 19.4. The minimum absolute atomic E-state index is 0.120. The number of carbonyl (C=O) groups excluding carboxylic acids is 1. The summed E-state index contributed by atoms with van der Waals surface area (Å²) in [6, 6.07) is 5.51. The minimum atomic E-state index is -4.22. The van der Waals surface area contributed by atoms with E-state index in [1.165, 1.54) is 24.3 Å². The van der Waals surface area contributed by atoms with E-state index in [-0.39, 0.29) is 30.6 Å². The molecule has 5 heteroatoms. The lowest BCUT2D eigenvalue weighted by atomic mass is 9.94. The molecular formula is C13H13F3O2. The van der Waals surface area contributed by atoms with Gasteiger partial charge in [0.25, 0.3) is 0 Å². The molecule has 1 saturated carbocycles. The largest absolute Gasteiger partial charge is 0.462 e. The van der Waals surface area contributed by atoms with Gasteiger partial charge in [-0.3, -0.25) is 0 Å². The first-order valence-electron chi connectivity index (χ1n) is 5.75. The standard InChI is InChI=1S/C13H13F3O2/c1-2-18-11(17)9-3-5-10(6-4-9)12(7-8-12)13(14,15)16/h3-6H,2,7-8H2,1H3. The molecule has 1 aliphatic rings. The Bertz CT molecular complexity index is 444. The second kappa shape index (κ2) is 4.30. The van der Waals surface area contributed by atoms with Crippen molar-refractivity contribution in [1.29, 1.82) is 0 Å². The van der Waals surface area contributed by atoms with E-state index >= 15 is 0 Å². The Hall–Kier alpha value is -1.52. The molecule has 0 amide bonds. The molecule has 1 aromatic rings. The minimum Gasteiger partial charge on any atom is -0.462 e. The van der Waals surface area contributed by atoms with Crippen LogP contribution in [0.25, 0.3) is 0 Å². The summed E-state index contributed by atoms with van der Waals surface area (Å²) in [6.45, 7) is 1.92. The average Bonchev–Trinajstić information content (AvgIpc) is 3.10. The van der Waals surface area contributed by atoms with Crippen LogP contribution in [0, 0.1) is 0 Å². The number of alkyl halides is 3. The van der Waals surface area contributed by atoms with E-state index in [0.717, 1.165) is 0 Å². The molecule has 0 radical (unpaired) electrons. The normalized spacial score (nSPS) is 17.3. The van der Waals surface area contributed by atoms with Crippen molar-refractivity contribution in [1.82, 2.24) is 0 Å². The highest BCUT2D eigenvalue weighted by Crippen LogP contribution is 2.58. The second-order valence-corrected chi connectivity index (χ2v) is 4.38. The van der Waals surface area contributed by atoms with Crippen molar-refractivity contribution in [3.05, 3.63) is 35.4 Å². The number of halogens is 3. The summed E-state index contributed by atoms with van der Waals surface area (Å²) in [5.41, 5.74) is -1.19. The predicted molar refractivity (Wildman–Crippen MR) is 59.4 cm³/mol. The summed E-state index contributed by atoms with van der Waals surface area (Å²) >= 11 is 0. The highest BCUT2D eigenvalue weighted by Gasteiger charge is 2.64. The maximum absolute atomic E-state index is 12.9. The molecule has 18 heavy (non-hydrogen) atoms. The van der Waals surface area contributed by atoms with Gasteiger partial charge in [-0.2, -0.15) is 13.2 Å². The third-order valence-corrected chi connectivity index (χ3v) is 3.24. The molecule has 1 fully saturated rings. The fraction of sp³-hybridized carbons (Fsp3) is 0.462. The van der Waals surface area contributed by atoms with Crippen LogP contribution in [0.3, 0.4) is 0 Å². The first kappa shape index (κ1) is 12.9. The quantitative estimate of drug-likeness (QED) is 0.776. The molecule has 0 N–H and O–H groups in total. The van der Waals surface area contributed by atoms with Gasteiger partial charge in [0.05, 0.1) is 17.6 Å². The molecule has 2 rings (SSSR count). The second-order valence-electron chi connectivity index (χ2n) is 4.38. The third kappa shape index (κ3) is 2.09. The number of hydrogen-bond donors (Lipinski definition) is 0. The van der Waals surface area contributed by atoms with Crippen LogP contribution in [0.15, 0.2) is 24.3 Å². The van der Waals surface area contributed by atoms with Gasteiger partial charge in [0, 0.05) is 0 Å². The molecule has 0 spiro atoms. The zero-order chi connectivity index (χ0) is 13.4. The van der Waals surface area contributed by atoms with Crippen molar-refractivity contribution in [3.63, 3.8) is 0 Å². The molecule has 2 nitrogen and oxygen atoms in total. The summed E-state index contributed by atoms with van der Waals surface area (Å²) in [7, 11) is 0. The summed E-state index contributed by atoms with van der Waals surface area (Å²) in [5.74, 6) is -0.513. The fourth-order valence-electron chi connectivity index (χ4n) is 2.00. The Morgan fingerprint density at radius 1 is 1.28 bits per heavy atom. The zero-order valence-corrected chi connectivity index (χ0v) is 9.88. The molecular weight excluding hydrogens is 245 g/mol. The third-order valence-electron chi connectivity index (χ3n) is 3.24. The molecule has 0 heterocycles. The lowest BCUT2D eigenvalue weighted by molar-refractivity contribution is -0.160. The lowest BCUT2D eigenvalue weighted by Gasteiger charge is -2.19. The van der Waals surface area contributed by atoms with E-state index in [2.05, 4.69) is 0 Å². The van der Waals surface area contributed by atoms with Gasteiger partial charge in [0.15, 0.2) is 0 Å². The van der Waals surface area contributed by atoms with Crippen LogP contribution >= 0.6 is 0 Å². The molecule has 0 bridgehead atoms. The lowest BCUT2D eigenvalue weighted by Crippen LogP contribution is -2.28. The predicted octanol–water partition coefficient (Wildman–Crippen LogP) is 3.46. The van der Waals surface area contributed by atoms with Crippen molar-refractivity contribution in [2.24, 2.45) is 0 Å². The molecule has 0 atom stereocenters. The van der Waals surface area contributed by atoms with Gasteiger partial charge in [-0.05, 0) is 37.5 Å². The SMILES string of the molecule is CCOC(=O)c1ccc(C2(C(F)(F)F)CC2)cc1. The van der Waals surface area contributed by atoms with Crippen molar-refractivity contribution >= 4 is 5.97 Å². The van der Waals surface area contributed by atoms with Crippen LogP contribution in [0.2, 0.25) is 0 Å². The monoisotopic (exact) mass is 258 g/mol. The molecule has 0 aromatic heterocycles. The fourth-order valence-corrected chi connectivity index (χ4v) is 2.00. The average molecular weight is 258 g/mol. The number of rotatable bonds is 3. The van der Waals surface area contributed by atoms with E-state index in [1.54, 1.807) is 6.92 Å². The van der Waals surface area contributed by atoms with E-state index < -0.39 is 17.6 Å². The molecule has 98 valence electrons. The van der Waals surface area contributed by atoms with Gasteiger partial charge >= 0.3 is 12.1 Å². The number of carbonyl (C=O) groups is 1. The van der Waals surface area contributed by atoms with Crippen LogP contribution in [0.4, 0.5) is 13.2 Å². The molecule has 1 aliphatic carbocycles. The van der Waals surface area contributed by atoms with Gasteiger partial charge in [-0.25, -0.2) is 4.79 Å². The molecule has 1 aromatic carbocycles. The maximum Gasteiger partial charge on any atom is 0.398 e. The number of esters is 1. The highest BCUT2D eigenvalue weighted by molar-refractivity contribution is 5.89. The molecule has 0 saturated heterocycles. The van der Waals surface area contributed by atoms with Crippen LogP contribution in [0.5, 0.6) is 0 Å². The summed E-state index contributed by atoms with van der Waals surface area (Å²) < 4.78 is 43.4. The molecule has 0 unspecified atom stereocenters. The number of ether oxygens (including phenoxy) is 1. The summed E-state index contributed by atoms with van der Waals surface area (Å²) in [6.07, 6.45) is -3.98. The first-order chi connectivity index (χ1) is 8.40. The van der Waals surface area contributed by atoms with Crippen LogP contribution in [-0.4, -0.2) is 18.8 Å². The van der Waals surface area contributed by atoms with Crippen LogP contribution < -0.4 is 0 Å². The zero-order valence-electron chi connectivity index (χ0n) is 9.88. The maximum atomic E-state index is 12.9. The Morgan fingerprint density at radius 2 is 1.83 bits per heavy atom. The van der Waals surface area contributed by atoms with E-state index in [4.69, 9.17) is 4.74 Å². The van der Waals surface area contributed by atoms with Gasteiger partial charge in [-0.15, -0.1) is 0 Å². The van der Waals surface area contributed by atoms with E-state index in [0.29, 0.717) is 0 Å².